The Morgan fingerprint density at radius 3 is 2.25 bits per heavy atom. The van der Waals surface area contributed by atoms with Crippen molar-refractivity contribution in [2.24, 2.45) is 0 Å². The second kappa shape index (κ2) is 8.76. The molecule has 5 heteroatoms. The number of hydrogen-bond donors (Lipinski definition) is 0. The Labute approximate surface area is 168 Å². The minimum absolute atomic E-state index is 0.241. The molecule has 148 valence electrons. The predicted octanol–water partition coefficient (Wildman–Crippen LogP) is 2.68. The first kappa shape index (κ1) is 19.0. The summed E-state index contributed by atoms with van der Waals surface area (Å²) in [5.74, 6) is 0.241. The van der Waals surface area contributed by atoms with E-state index < -0.39 is 0 Å². The first-order valence-corrected chi connectivity index (χ1v) is 10.3. The summed E-state index contributed by atoms with van der Waals surface area (Å²) < 4.78 is 0. The maximum absolute atomic E-state index is 13.0. The van der Waals surface area contributed by atoms with Gasteiger partial charge in [-0.2, -0.15) is 0 Å². The summed E-state index contributed by atoms with van der Waals surface area (Å²) in [5, 5.41) is 0. The fourth-order valence-corrected chi connectivity index (χ4v) is 4.11. The van der Waals surface area contributed by atoms with E-state index >= 15 is 0 Å². The molecule has 0 atom stereocenters. The van der Waals surface area contributed by atoms with Crippen LogP contribution in [0.3, 0.4) is 0 Å². The van der Waals surface area contributed by atoms with Gasteiger partial charge in [0, 0.05) is 58.8 Å². The van der Waals surface area contributed by atoms with Crippen LogP contribution in [0.4, 0.5) is 11.4 Å². The van der Waals surface area contributed by atoms with E-state index in [1.54, 1.807) is 0 Å². The highest BCUT2D eigenvalue weighted by atomic mass is 16.2. The molecule has 0 N–H and O–H groups in total. The number of carbonyl (C=O) groups is 1. The molecule has 0 bridgehead atoms. The van der Waals surface area contributed by atoms with Gasteiger partial charge in [0.2, 0.25) is 5.91 Å². The molecule has 2 aliphatic heterocycles. The van der Waals surface area contributed by atoms with Crippen LogP contribution in [0.1, 0.15) is 12.0 Å². The molecule has 28 heavy (non-hydrogen) atoms. The molecule has 1 amide bonds. The van der Waals surface area contributed by atoms with E-state index in [9.17, 15) is 4.79 Å². The van der Waals surface area contributed by atoms with E-state index in [2.05, 4.69) is 70.3 Å². The van der Waals surface area contributed by atoms with Crippen molar-refractivity contribution in [1.29, 1.82) is 0 Å². The van der Waals surface area contributed by atoms with Crippen molar-refractivity contribution < 1.29 is 4.79 Å². The van der Waals surface area contributed by atoms with Crippen molar-refractivity contribution in [2.75, 3.05) is 62.7 Å². The average molecular weight is 379 g/mol. The number of para-hydroxylation sites is 2. The highest BCUT2D eigenvalue weighted by molar-refractivity contribution is 5.98. The lowest BCUT2D eigenvalue weighted by atomic mass is 10.1. The third kappa shape index (κ3) is 4.37. The van der Waals surface area contributed by atoms with Gasteiger partial charge in [-0.25, -0.2) is 0 Å². The van der Waals surface area contributed by atoms with Crippen LogP contribution in [0, 0.1) is 0 Å². The number of likely N-dealkylation sites (N-methyl/N-ethyl adjacent to an activating group) is 1. The second-order valence-electron chi connectivity index (χ2n) is 7.84. The molecule has 0 radical (unpaired) electrons. The highest BCUT2D eigenvalue weighted by Crippen LogP contribution is 2.34. The summed E-state index contributed by atoms with van der Waals surface area (Å²) in [6.45, 7) is 7.67. The molecule has 2 aromatic rings. The first-order valence-electron chi connectivity index (χ1n) is 10.3. The van der Waals surface area contributed by atoms with Crippen LogP contribution in [0.15, 0.2) is 54.6 Å². The van der Waals surface area contributed by atoms with Gasteiger partial charge < -0.3 is 19.6 Å². The molecular formula is C23H30N4O. The molecule has 2 aliphatic rings. The van der Waals surface area contributed by atoms with Crippen LogP contribution in [0.25, 0.3) is 0 Å². The van der Waals surface area contributed by atoms with Crippen LogP contribution in [-0.2, 0) is 11.3 Å². The number of carbonyl (C=O) groups excluding carboxylic acids is 1. The quantitative estimate of drug-likeness (QED) is 0.800. The van der Waals surface area contributed by atoms with Gasteiger partial charge in [-0.1, -0.05) is 42.5 Å². The Morgan fingerprint density at radius 2 is 1.50 bits per heavy atom. The summed E-state index contributed by atoms with van der Waals surface area (Å²) in [6.07, 6.45) is 0.594. The van der Waals surface area contributed by atoms with E-state index in [-0.39, 0.29) is 5.91 Å². The number of rotatable bonds is 5. The largest absolute Gasteiger partial charge is 0.364 e. The van der Waals surface area contributed by atoms with Crippen LogP contribution >= 0.6 is 0 Å². The van der Waals surface area contributed by atoms with Gasteiger partial charge >= 0.3 is 0 Å². The van der Waals surface area contributed by atoms with Gasteiger partial charge in [0.25, 0.3) is 0 Å². The second-order valence-corrected chi connectivity index (χ2v) is 7.84. The topological polar surface area (TPSA) is 30.0 Å². The lowest BCUT2D eigenvalue weighted by molar-refractivity contribution is -0.119. The smallest absolute Gasteiger partial charge is 0.228 e. The van der Waals surface area contributed by atoms with Crippen molar-refractivity contribution in [3.8, 4) is 0 Å². The monoisotopic (exact) mass is 378 g/mol. The molecule has 2 aromatic carbocycles. The summed E-state index contributed by atoms with van der Waals surface area (Å²) >= 11 is 0. The molecule has 0 unspecified atom stereocenters. The van der Waals surface area contributed by atoms with Crippen molar-refractivity contribution in [2.45, 2.75) is 13.0 Å². The van der Waals surface area contributed by atoms with Crippen molar-refractivity contribution in [1.82, 2.24) is 9.80 Å². The molecule has 0 spiro atoms. The predicted molar refractivity (Wildman–Crippen MR) is 115 cm³/mol. The number of benzene rings is 2. The molecule has 1 saturated heterocycles. The standard InChI is InChI=1S/C23H30N4O/c1-24-13-15-25(16-14-24)12-11-23(28)27-18-17-26(19-20-7-3-2-4-8-20)21-9-5-6-10-22(21)27/h2-10H,11-19H2,1H3. The normalized spacial score (nSPS) is 18.2. The Kier molecular flexibility index (Phi) is 5.93. The lowest BCUT2D eigenvalue weighted by Crippen LogP contribution is -2.47. The first-order chi connectivity index (χ1) is 13.7. The fourth-order valence-electron chi connectivity index (χ4n) is 4.11. The number of piperazine rings is 1. The van der Waals surface area contributed by atoms with Crippen LogP contribution in [0.2, 0.25) is 0 Å². The van der Waals surface area contributed by atoms with Crippen molar-refractivity contribution in [3.05, 3.63) is 60.2 Å². The molecule has 0 aromatic heterocycles. The Morgan fingerprint density at radius 1 is 0.821 bits per heavy atom. The number of anilines is 2. The van der Waals surface area contributed by atoms with E-state index in [1.165, 1.54) is 5.56 Å². The summed E-state index contributed by atoms with van der Waals surface area (Å²) in [5.41, 5.74) is 3.51. The highest BCUT2D eigenvalue weighted by Gasteiger charge is 2.27. The van der Waals surface area contributed by atoms with Crippen molar-refractivity contribution >= 4 is 17.3 Å². The molecule has 0 saturated carbocycles. The molecular weight excluding hydrogens is 348 g/mol. The Hall–Kier alpha value is -2.37. The molecule has 0 aliphatic carbocycles. The minimum atomic E-state index is 0.241. The number of fused-ring (bicyclic) bond motifs is 1. The third-order valence-corrected chi connectivity index (χ3v) is 5.86. The number of hydrogen-bond acceptors (Lipinski definition) is 4. The number of nitrogens with zero attached hydrogens (tertiary/aromatic N) is 4. The zero-order valence-corrected chi connectivity index (χ0v) is 16.8. The van der Waals surface area contributed by atoms with E-state index in [4.69, 9.17) is 0 Å². The van der Waals surface area contributed by atoms with Crippen LogP contribution in [-0.4, -0.2) is 68.6 Å². The molecule has 4 rings (SSSR count). The minimum Gasteiger partial charge on any atom is -0.364 e. The summed E-state index contributed by atoms with van der Waals surface area (Å²) in [6, 6.07) is 18.9. The zero-order valence-electron chi connectivity index (χ0n) is 16.8. The summed E-state index contributed by atoms with van der Waals surface area (Å²) in [7, 11) is 2.16. The van der Waals surface area contributed by atoms with Gasteiger partial charge in [-0.3, -0.25) is 4.79 Å². The van der Waals surface area contributed by atoms with Crippen LogP contribution < -0.4 is 9.80 Å². The van der Waals surface area contributed by atoms with Gasteiger partial charge in [0.05, 0.1) is 11.4 Å². The molecule has 2 heterocycles. The SMILES string of the molecule is CN1CCN(CCC(=O)N2CCN(Cc3ccccc3)c3ccccc32)CC1. The average Bonchev–Trinajstić information content (AvgIpc) is 2.74. The van der Waals surface area contributed by atoms with E-state index in [1.807, 2.05) is 11.0 Å². The maximum Gasteiger partial charge on any atom is 0.228 e. The van der Waals surface area contributed by atoms with E-state index in [0.29, 0.717) is 6.42 Å². The van der Waals surface area contributed by atoms with E-state index in [0.717, 1.165) is 63.7 Å². The van der Waals surface area contributed by atoms with Crippen LogP contribution in [0.5, 0.6) is 0 Å². The number of amides is 1. The van der Waals surface area contributed by atoms with Gasteiger partial charge in [0.1, 0.15) is 0 Å². The molecule has 1 fully saturated rings. The third-order valence-electron chi connectivity index (χ3n) is 5.86. The molecule has 5 nitrogen and oxygen atoms in total. The maximum atomic E-state index is 13.0. The Balaban J connectivity index is 1.42. The van der Waals surface area contributed by atoms with Gasteiger partial charge in [0.15, 0.2) is 0 Å². The van der Waals surface area contributed by atoms with Gasteiger partial charge in [-0.15, -0.1) is 0 Å². The Bertz CT molecular complexity index is 786. The fraction of sp³-hybridized carbons (Fsp3) is 0.435. The summed E-state index contributed by atoms with van der Waals surface area (Å²) in [4.78, 5) is 22.1. The van der Waals surface area contributed by atoms with Gasteiger partial charge in [-0.05, 0) is 24.7 Å². The lowest BCUT2D eigenvalue weighted by Gasteiger charge is -2.38. The zero-order chi connectivity index (χ0) is 19.3. The van der Waals surface area contributed by atoms with Crippen molar-refractivity contribution in [3.63, 3.8) is 0 Å².